The van der Waals surface area contributed by atoms with E-state index in [1.165, 1.54) is 33.4 Å². The molecule has 342 valence electrons. The van der Waals surface area contributed by atoms with Crippen LogP contribution in [0.3, 0.4) is 0 Å². The molecule has 5 nitrogen and oxygen atoms in total. The molecule has 11 aromatic rings. The SMILES string of the molecule is CC1(C)c2ccccc2-c2ccc3c(c21)C(c1cc(N(c2ccccc2)c2ccccc2)cc(N(c2ccccc2)c2ccccc2)c1)(c1nc(-c2ccccc2)nc(-c2ccccc2)n1)c1ccccc1-3. The summed E-state index contributed by atoms with van der Waals surface area (Å²) in [6.45, 7) is 4.79. The van der Waals surface area contributed by atoms with Crippen LogP contribution in [-0.2, 0) is 10.8 Å². The fourth-order valence-corrected chi connectivity index (χ4v) is 11.6. The summed E-state index contributed by atoms with van der Waals surface area (Å²) in [6, 6.07) is 93.3. The van der Waals surface area contributed by atoms with E-state index in [-0.39, 0.29) is 0 Å². The lowest BCUT2D eigenvalue weighted by Crippen LogP contribution is -2.35. The predicted octanol–water partition coefficient (Wildman–Crippen LogP) is 16.8. The summed E-state index contributed by atoms with van der Waals surface area (Å²) in [6.07, 6.45) is 0. The predicted molar refractivity (Wildman–Crippen MR) is 295 cm³/mol. The van der Waals surface area contributed by atoms with Gasteiger partial charge in [0.15, 0.2) is 17.5 Å². The summed E-state index contributed by atoms with van der Waals surface area (Å²) in [7, 11) is 0. The monoisotopic (exact) mass is 923 g/mol. The Morgan fingerprint density at radius 1 is 0.306 bits per heavy atom. The number of para-hydroxylation sites is 4. The third-order valence-electron chi connectivity index (χ3n) is 14.7. The zero-order valence-electron chi connectivity index (χ0n) is 40.1. The molecular weight excluding hydrogens is 875 g/mol. The molecule has 1 atom stereocenters. The van der Waals surface area contributed by atoms with Crippen LogP contribution in [0.2, 0.25) is 0 Å². The van der Waals surface area contributed by atoms with Crippen LogP contribution in [0.1, 0.15) is 47.5 Å². The first-order valence-electron chi connectivity index (χ1n) is 24.7. The number of hydrogen-bond donors (Lipinski definition) is 0. The molecule has 2 aliphatic carbocycles. The standard InChI is InChI=1S/C67H49N5/c1-66(2)59-39-23-21-37-55(59)57-41-42-58-56-38-22-24-40-60(56)67(62(58)61(57)66,65-69-63(46-25-9-3-10-26-46)68-64(70-65)47-27-11-4-12-28-47)48-43-53(71(49-29-13-5-14-30-49)50-31-15-6-16-32-50)45-54(44-48)72(51-33-17-7-18-34-51)52-35-19-8-20-36-52/h3-45H,1-2H3. The largest absolute Gasteiger partial charge is 0.310 e. The van der Waals surface area contributed by atoms with Gasteiger partial charge >= 0.3 is 0 Å². The Bertz CT molecular complexity index is 3530. The molecule has 1 unspecified atom stereocenters. The molecule has 0 saturated carbocycles. The van der Waals surface area contributed by atoms with Crippen molar-refractivity contribution in [2.24, 2.45) is 0 Å². The van der Waals surface area contributed by atoms with Gasteiger partial charge in [0.2, 0.25) is 0 Å². The van der Waals surface area contributed by atoms with Gasteiger partial charge in [-0.1, -0.05) is 208 Å². The molecule has 0 saturated heterocycles. The van der Waals surface area contributed by atoms with Gasteiger partial charge in [-0.15, -0.1) is 0 Å². The molecule has 0 N–H and O–H groups in total. The van der Waals surface area contributed by atoms with E-state index in [4.69, 9.17) is 15.0 Å². The summed E-state index contributed by atoms with van der Waals surface area (Å²) < 4.78 is 0. The summed E-state index contributed by atoms with van der Waals surface area (Å²) in [4.78, 5) is 21.7. The minimum absolute atomic E-state index is 0.400. The van der Waals surface area contributed by atoms with Crippen molar-refractivity contribution in [1.29, 1.82) is 0 Å². The molecule has 1 heterocycles. The number of hydrogen-bond acceptors (Lipinski definition) is 5. The number of anilines is 6. The van der Waals surface area contributed by atoms with Gasteiger partial charge in [0.05, 0.1) is 0 Å². The highest BCUT2D eigenvalue weighted by atomic mass is 15.2. The maximum absolute atomic E-state index is 5.81. The molecule has 0 aliphatic heterocycles. The van der Waals surface area contributed by atoms with E-state index in [2.05, 4.69) is 272 Å². The Morgan fingerprint density at radius 3 is 1.11 bits per heavy atom. The Hall–Kier alpha value is -9.19. The number of rotatable bonds is 10. The first-order chi connectivity index (χ1) is 35.5. The molecule has 0 amide bonds. The van der Waals surface area contributed by atoms with Crippen molar-refractivity contribution < 1.29 is 0 Å². The highest BCUT2D eigenvalue weighted by Gasteiger charge is 2.54. The van der Waals surface area contributed by atoms with Crippen molar-refractivity contribution in [3.8, 4) is 45.0 Å². The van der Waals surface area contributed by atoms with Crippen LogP contribution in [0.25, 0.3) is 45.0 Å². The van der Waals surface area contributed by atoms with Crippen molar-refractivity contribution >= 4 is 34.1 Å². The van der Waals surface area contributed by atoms with E-state index in [0.717, 1.165) is 61.9 Å². The van der Waals surface area contributed by atoms with Gasteiger partial charge < -0.3 is 9.80 Å². The first kappa shape index (κ1) is 42.9. The molecule has 10 aromatic carbocycles. The van der Waals surface area contributed by atoms with E-state index < -0.39 is 10.8 Å². The fraction of sp³-hybridized carbons (Fsp3) is 0.0597. The normalized spacial score (nSPS) is 14.7. The van der Waals surface area contributed by atoms with Crippen LogP contribution in [0.5, 0.6) is 0 Å². The summed E-state index contributed by atoms with van der Waals surface area (Å²) in [5.41, 5.74) is 17.2. The lowest BCUT2D eigenvalue weighted by molar-refractivity contribution is 0.619. The van der Waals surface area contributed by atoms with E-state index >= 15 is 0 Å². The van der Waals surface area contributed by atoms with Crippen LogP contribution in [-0.4, -0.2) is 15.0 Å². The molecular formula is C67H49N5. The summed E-state index contributed by atoms with van der Waals surface area (Å²) in [5, 5.41) is 0. The fourth-order valence-electron chi connectivity index (χ4n) is 11.6. The highest BCUT2D eigenvalue weighted by Crippen LogP contribution is 2.63. The van der Waals surface area contributed by atoms with E-state index in [0.29, 0.717) is 17.5 Å². The first-order valence-corrected chi connectivity index (χ1v) is 24.7. The van der Waals surface area contributed by atoms with Crippen LogP contribution in [0.4, 0.5) is 34.1 Å². The summed E-state index contributed by atoms with van der Waals surface area (Å²) >= 11 is 0. The average molecular weight is 924 g/mol. The van der Waals surface area contributed by atoms with Crippen LogP contribution in [0.15, 0.2) is 261 Å². The second-order valence-electron chi connectivity index (χ2n) is 19.2. The molecule has 13 rings (SSSR count). The smallest absolute Gasteiger partial charge is 0.163 e. The van der Waals surface area contributed by atoms with Gasteiger partial charge in [0.25, 0.3) is 0 Å². The van der Waals surface area contributed by atoms with E-state index in [9.17, 15) is 0 Å². The van der Waals surface area contributed by atoms with Crippen molar-refractivity contribution in [1.82, 2.24) is 15.0 Å². The minimum Gasteiger partial charge on any atom is -0.310 e. The number of fused-ring (bicyclic) bond motifs is 7. The van der Waals surface area contributed by atoms with Gasteiger partial charge in [-0.05, 0) is 117 Å². The number of benzene rings is 10. The zero-order chi connectivity index (χ0) is 48.2. The third-order valence-corrected chi connectivity index (χ3v) is 14.7. The molecule has 0 spiro atoms. The lowest BCUT2D eigenvalue weighted by Gasteiger charge is -2.38. The minimum atomic E-state index is -1.10. The molecule has 1 aromatic heterocycles. The third kappa shape index (κ3) is 6.88. The maximum Gasteiger partial charge on any atom is 0.163 e. The van der Waals surface area contributed by atoms with Crippen molar-refractivity contribution in [2.45, 2.75) is 24.7 Å². The van der Waals surface area contributed by atoms with Crippen molar-refractivity contribution in [3.05, 3.63) is 294 Å². The number of nitrogens with zero attached hydrogens (tertiary/aromatic N) is 5. The highest BCUT2D eigenvalue weighted by molar-refractivity contribution is 5.95. The Balaban J connectivity index is 1.23. The molecule has 0 bridgehead atoms. The lowest BCUT2D eigenvalue weighted by atomic mass is 9.66. The average Bonchev–Trinajstić information content (AvgIpc) is 3.88. The van der Waals surface area contributed by atoms with Crippen molar-refractivity contribution in [2.75, 3.05) is 9.80 Å². The van der Waals surface area contributed by atoms with Crippen molar-refractivity contribution in [3.63, 3.8) is 0 Å². The zero-order valence-corrected chi connectivity index (χ0v) is 40.1. The number of aromatic nitrogens is 3. The molecule has 2 aliphatic rings. The van der Waals surface area contributed by atoms with Gasteiger partial charge in [-0.2, -0.15) is 0 Å². The van der Waals surface area contributed by atoms with Gasteiger partial charge in [0, 0.05) is 50.7 Å². The van der Waals surface area contributed by atoms with Gasteiger partial charge in [-0.25, -0.2) is 15.0 Å². The Kier molecular flexibility index (Phi) is 10.3. The molecule has 0 fully saturated rings. The summed E-state index contributed by atoms with van der Waals surface area (Å²) in [5.74, 6) is 1.88. The van der Waals surface area contributed by atoms with Crippen LogP contribution in [0, 0.1) is 0 Å². The van der Waals surface area contributed by atoms with E-state index in [1.807, 2.05) is 12.1 Å². The topological polar surface area (TPSA) is 45.2 Å². The van der Waals surface area contributed by atoms with Crippen LogP contribution < -0.4 is 9.80 Å². The second kappa shape index (κ2) is 17.3. The van der Waals surface area contributed by atoms with E-state index in [1.54, 1.807) is 0 Å². The maximum atomic E-state index is 5.81. The second-order valence-corrected chi connectivity index (χ2v) is 19.2. The molecule has 5 heteroatoms. The molecule has 0 radical (unpaired) electrons. The Labute approximate surface area is 421 Å². The molecule has 72 heavy (non-hydrogen) atoms. The van der Waals surface area contributed by atoms with Crippen LogP contribution >= 0.6 is 0 Å². The quantitative estimate of drug-likeness (QED) is 0.137. The van der Waals surface area contributed by atoms with Gasteiger partial charge in [-0.3, -0.25) is 0 Å². The van der Waals surface area contributed by atoms with Gasteiger partial charge in [0.1, 0.15) is 5.41 Å². The Morgan fingerprint density at radius 2 is 0.667 bits per heavy atom.